The van der Waals surface area contributed by atoms with E-state index in [2.05, 4.69) is 0 Å². The Balaban J connectivity index is 3.48. The summed E-state index contributed by atoms with van der Waals surface area (Å²) < 4.78 is 52.2. The number of esters is 1. The van der Waals surface area contributed by atoms with Gasteiger partial charge in [0.1, 0.15) is 12.3 Å². The Morgan fingerprint density at radius 2 is 1.74 bits per heavy atom. The first-order valence-electron chi connectivity index (χ1n) is 6.64. The number of sulfonamides is 2. The van der Waals surface area contributed by atoms with E-state index in [0.717, 1.165) is 12.5 Å². The van der Waals surface area contributed by atoms with E-state index < -0.39 is 42.4 Å². The van der Waals surface area contributed by atoms with Gasteiger partial charge in [-0.2, -0.15) is 16.8 Å². The lowest BCUT2D eigenvalue weighted by Crippen LogP contribution is -2.57. The molecule has 1 N–H and O–H groups in total. The summed E-state index contributed by atoms with van der Waals surface area (Å²) in [6, 6.07) is 5.53. The molecule has 130 valence electrons. The molecule has 10 heteroatoms. The van der Waals surface area contributed by atoms with Crippen LogP contribution in [0.25, 0.3) is 0 Å². The second-order valence-electron chi connectivity index (χ2n) is 5.07. The third-order valence-corrected chi connectivity index (χ3v) is 7.78. The molecule has 0 saturated carbocycles. The fourth-order valence-corrected chi connectivity index (χ4v) is 5.52. The van der Waals surface area contributed by atoms with E-state index in [1.807, 2.05) is 0 Å². The molecule has 0 atom stereocenters. The highest BCUT2D eigenvalue weighted by molar-refractivity contribution is 7.97. The number of hydrogen-bond acceptors (Lipinski definition) is 7. The molecule has 0 saturated heterocycles. The predicted molar refractivity (Wildman–Crippen MR) is 83.3 cm³/mol. The molecule has 0 spiro atoms. The van der Waals surface area contributed by atoms with Gasteiger partial charge in [0.2, 0.25) is 6.54 Å². The number of phenolic OH excluding ortho intramolecular Hbond substituents is 1. The van der Waals surface area contributed by atoms with Gasteiger partial charge in [0.25, 0.3) is 0 Å². The number of aromatic hydroxyl groups is 1. The van der Waals surface area contributed by atoms with Crippen molar-refractivity contribution in [2.24, 2.45) is 0 Å². The average molecular weight is 366 g/mol. The molecule has 0 aromatic heterocycles. The Kier molecular flexibility index (Phi) is 5.78. The van der Waals surface area contributed by atoms with E-state index in [9.17, 15) is 26.7 Å². The molecule has 0 radical (unpaired) electrons. The fourth-order valence-electron chi connectivity index (χ4n) is 2.11. The van der Waals surface area contributed by atoms with Crippen LogP contribution in [-0.2, 0) is 36.1 Å². The van der Waals surface area contributed by atoms with E-state index in [-0.39, 0.29) is 17.9 Å². The van der Waals surface area contributed by atoms with Crippen LogP contribution in [0.4, 0.5) is 0 Å². The second-order valence-corrected chi connectivity index (χ2v) is 9.63. The molecule has 0 heterocycles. The summed E-state index contributed by atoms with van der Waals surface area (Å²) in [5, 5.41) is 9.48. The summed E-state index contributed by atoms with van der Waals surface area (Å²) in [5.41, 5.74) is 0.255. The van der Waals surface area contributed by atoms with Crippen molar-refractivity contribution in [3.8, 4) is 5.75 Å². The van der Waals surface area contributed by atoms with Crippen LogP contribution in [-0.4, -0.2) is 56.9 Å². The standard InChI is InChI=1S/C13H19NO7S2/c1-4-21-13(16)10-14(22(2,17)18,23(3,19)20)9-11-6-5-7-12(15)8-11/h5-8H,4,9-10H2,1-3H3/p+1. The molecule has 23 heavy (non-hydrogen) atoms. The van der Waals surface area contributed by atoms with Gasteiger partial charge in [-0.15, -0.1) is 3.29 Å². The van der Waals surface area contributed by atoms with Crippen LogP contribution in [0.5, 0.6) is 5.75 Å². The highest BCUT2D eigenvalue weighted by Gasteiger charge is 2.50. The smallest absolute Gasteiger partial charge is 0.364 e. The number of carbonyl (C=O) groups is 1. The lowest BCUT2D eigenvalue weighted by Gasteiger charge is -2.31. The van der Waals surface area contributed by atoms with Crippen molar-refractivity contribution >= 4 is 26.0 Å². The van der Waals surface area contributed by atoms with Gasteiger partial charge in [0.15, 0.2) is 0 Å². The number of rotatable bonds is 7. The maximum Gasteiger partial charge on any atom is 0.364 e. The summed E-state index contributed by atoms with van der Waals surface area (Å²) >= 11 is 0. The van der Waals surface area contributed by atoms with Crippen LogP contribution in [0.2, 0.25) is 0 Å². The van der Waals surface area contributed by atoms with Crippen LogP contribution in [0.1, 0.15) is 12.5 Å². The summed E-state index contributed by atoms with van der Waals surface area (Å²) in [4.78, 5) is 11.8. The van der Waals surface area contributed by atoms with Gasteiger partial charge < -0.3 is 9.84 Å². The zero-order chi connectivity index (χ0) is 17.9. The van der Waals surface area contributed by atoms with Gasteiger partial charge in [-0.05, 0) is 19.1 Å². The van der Waals surface area contributed by atoms with E-state index in [4.69, 9.17) is 4.74 Å². The summed E-state index contributed by atoms with van der Waals surface area (Å²) in [7, 11) is -8.48. The van der Waals surface area contributed by atoms with Crippen molar-refractivity contribution < 1.29 is 34.8 Å². The number of carbonyl (C=O) groups excluding carboxylic acids is 1. The molecule has 0 amide bonds. The average Bonchev–Trinajstić information content (AvgIpc) is 2.35. The number of nitrogens with zero attached hydrogens (tertiary/aromatic N) is 1. The van der Waals surface area contributed by atoms with Crippen molar-refractivity contribution in [1.82, 2.24) is 0 Å². The van der Waals surface area contributed by atoms with Crippen LogP contribution in [0, 0.1) is 0 Å². The topological polar surface area (TPSA) is 115 Å². The van der Waals surface area contributed by atoms with E-state index in [1.165, 1.54) is 31.2 Å². The third kappa shape index (κ3) is 4.43. The molecule has 0 unspecified atom stereocenters. The second kappa shape index (κ2) is 6.85. The van der Waals surface area contributed by atoms with E-state index in [1.54, 1.807) is 0 Å². The summed E-state index contributed by atoms with van der Waals surface area (Å²) in [6.07, 6.45) is 1.49. The Bertz CT molecular complexity index is 752. The van der Waals surface area contributed by atoms with Gasteiger partial charge in [-0.25, -0.2) is 4.79 Å². The normalized spacial score (nSPS) is 12.8. The first kappa shape index (κ1) is 19.4. The largest absolute Gasteiger partial charge is 0.508 e. The van der Waals surface area contributed by atoms with Gasteiger partial charge in [-0.1, -0.05) is 12.1 Å². The molecule has 0 fully saturated rings. The number of hydrogen-bond donors (Lipinski definition) is 1. The highest BCUT2D eigenvalue weighted by atomic mass is 32.3. The minimum Gasteiger partial charge on any atom is -0.508 e. The minimum absolute atomic E-state index is 0.00151. The van der Waals surface area contributed by atoms with Crippen LogP contribution < -0.4 is 0 Å². The summed E-state index contributed by atoms with van der Waals surface area (Å²) in [6.45, 7) is 0.132. The Morgan fingerprint density at radius 1 is 1.17 bits per heavy atom. The minimum atomic E-state index is -4.24. The van der Waals surface area contributed by atoms with Gasteiger partial charge >= 0.3 is 26.0 Å². The molecule has 1 aromatic carbocycles. The van der Waals surface area contributed by atoms with Crippen LogP contribution in [0.15, 0.2) is 24.3 Å². The van der Waals surface area contributed by atoms with Crippen LogP contribution in [0.3, 0.4) is 0 Å². The molecule has 0 aliphatic carbocycles. The molecule has 8 nitrogen and oxygen atoms in total. The maximum absolute atomic E-state index is 12.3. The summed E-state index contributed by atoms with van der Waals surface area (Å²) in [5.74, 6) is -1.08. The number of benzene rings is 1. The predicted octanol–water partition coefficient (Wildman–Crippen LogP) is 0.191. The first-order chi connectivity index (χ1) is 10.4. The van der Waals surface area contributed by atoms with Crippen molar-refractivity contribution in [2.45, 2.75) is 13.5 Å². The zero-order valence-electron chi connectivity index (χ0n) is 13.1. The zero-order valence-corrected chi connectivity index (χ0v) is 14.7. The Hall–Kier alpha value is -1.65. The number of quaternary nitrogens is 1. The fraction of sp³-hybridized carbons (Fsp3) is 0.462. The molecule has 1 rings (SSSR count). The quantitative estimate of drug-likeness (QED) is 0.541. The number of ether oxygens (including phenoxy) is 1. The maximum atomic E-state index is 12.3. The van der Waals surface area contributed by atoms with Crippen molar-refractivity contribution in [2.75, 3.05) is 25.7 Å². The first-order valence-corrected chi connectivity index (χ1v) is 10.3. The Labute approximate surface area is 136 Å². The van der Waals surface area contributed by atoms with E-state index in [0.29, 0.717) is 0 Å². The molecule has 0 aliphatic heterocycles. The van der Waals surface area contributed by atoms with Crippen LogP contribution >= 0.6 is 0 Å². The molecular formula is C13H20NO7S2+. The SMILES string of the molecule is CCOC(=O)C[N+](Cc1cccc(O)c1)(S(C)(=O)=O)S(C)(=O)=O. The van der Waals surface area contributed by atoms with E-state index >= 15 is 0 Å². The highest BCUT2D eigenvalue weighted by Crippen LogP contribution is 2.26. The molecule has 1 aromatic rings. The Morgan fingerprint density at radius 3 is 2.17 bits per heavy atom. The third-order valence-electron chi connectivity index (χ3n) is 3.22. The van der Waals surface area contributed by atoms with Gasteiger partial charge in [0.05, 0.1) is 19.1 Å². The lowest BCUT2D eigenvalue weighted by molar-refractivity contribution is -0.679. The number of phenols is 1. The molecule has 0 aliphatic rings. The van der Waals surface area contributed by atoms with Crippen molar-refractivity contribution in [1.29, 1.82) is 0 Å². The lowest BCUT2D eigenvalue weighted by atomic mass is 10.2. The molecular weight excluding hydrogens is 346 g/mol. The van der Waals surface area contributed by atoms with Gasteiger partial charge in [-0.3, -0.25) is 0 Å². The molecule has 0 bridgehead atoms. The van der Waals surface area contributed by atoms with Crippen molar-refractivity contribution in [3.63, 3.8) is 0 Å². The van der Waals surface area contributed by atoms with Gasteiger partial charge in [0, 0.05) is 5.56 Å². The van der Waals surface area contributed by atoms with Crippen molar-refractivity contribution in [3.05, 3.63) is 29.8 Å². The monoisotopic (exact) mass is 366 g/mol.